The lowest BCUT2D eigenvalue weighted by molar-refractivity contribution is -0.140. The highest BCUT2D eigenvalue weighted by Gasteiger charge is 2.24. The van der Waals surface area contributed by atoms with Gasteiger partial charge in [0.15, 0.2) is 0 Å². The highest BCUT2D eigenvalue weighted by atomic mass is 35.5. The summed E-state index contributed by atoms with van der Waals surface area (Å²) >= 11 is 5.76. The van der Waals surface area contributed by atoms with Gasteiger partial charge in [0.05, 0.1) is 19.1 Å². The maximum Gasteiger partial charge on any atom is 0.326 e. The van der Waals surface area contributed by atoms with Crippen molar-refractivity contribution in [3.8, 4) is 5.75 Å². The van der Waals surface area contributed by atoms with Crippen LogP contribution in [0, 0.1) is 0 Å². The number of ether oxygens (including phenoxy) is 1. The van der Waals surface area contributed by atoms with Gasteiger partial charge in [0.25, 0.3) is 5.91 Å². The molecule has 1 atom stereocenters. The normalized spacial score (nSPS) is 11.5. The summed E-state index contributed by atoms with van der Waals surface area (Å²) in [6.45, 7) is 0. The largest absolute Gasteiger partial charge is 0.496 e. The zero-order chi connectivity index (χ0) is 15.3. The van der Waals surface area contributed by atoms with Crippen LogP contribution in [0.5, 0.6) is 5.75 Å². The van der Waals surface area contributed by atoms with Crippen molar-refractivity contribution in [2.45, 2.75) is 12.5 Å². The van der Waals surface area contributed by atoms with Crippen LogP contribution >= 0.6 is 11.6 Å². The van der Waals surface area contributed by atoms with Gasteiger partial charge in [0.2, 0.25) is 5.91 Å². The highest BCUT2D eigenvalue weighted by molar-refractivity contribution is 6.30. The zero-order valence-corrected chi connectivity index (χ0v) is 11.3. The fourth-order valence-electron chi connectivity index (χ4n) is 1.49. The van der Waals surface area contributed by atoms with Gasteiger partial charge in [-0.05, 0) is 18.2 Å². The molecule has 0 aliphatic carbocycles. The Kier molecular flexibility index (Phi) is 5.33. The minimum atomic E-state index is -1.40. The van der Waals surface area contributed by atoms with Crippen molar-refractivity contribution in [2.75, 3.05) is 7.11 Å². The van der Waals surface area contributed by atoms with Crippen LogP contribution in [0.25, 0.3) is 0 Å². The van der Waals surface area contributed by atoms with Crippen molar-refractivity contribution in [3.05, 3.63) is 28.8 Å². The Morgan fingerprint density at radius 1 is 1.45 bits per heavy atom. The Hall–Kier alpha value is -2.28. The number of carbonyl (C=O) groups excluding carboxylic acids is 2. The SMILES string of the molecule is COc1cc(Cl)ccc1C(=O)N[C@@H](CC(N)=O)C(=O)O. The van der Waals surface area contributed by atoms with Crippen LogP contribution < -0.4 is 15.8 Å². The number of amides is 2. The monoisotopic (exact) mass is 300 g/mol. The lowest BCUT2D eigenvalue weighted by atomic mass is 10.1. The van der Waals surface area contributed by atoms with Gasteiger partial charge < -0.3 is 20.9 Å². The van der Waals surface area contributed by atoms with Gasteiger partial charge in [-0.2, -0.15) is 0 Å². The van der Waals surface area contributed by atoms with Crippen molar-refractivity contribution < 1.29 is 24.2 Å². The van der Waals surface area contributed by atoms with E-state index in [9.17, 15) is 14.4 Å². The van der Waals surface area contributed by atoms with Crippen LogP contribution in [0.3, 0.4) is 0 Å². The Morgan fingerprint density at radius 2 is 2.10 bits per heavy atom. The molecule has 108 valence electrons. The van der Waals surface area contributed by atoms with Crippen molar-refractivity contribution in [1.29, 1.82) is 0 Å². The van der Waals surface area contributed by atoms with Gasteiger partial charge in [0.1, 0.15) is 11.8 Å². The summed E-state index contributed by atoms with van der Waals surface area (Å²) in [5, 5.41) is 11.5. The number of hydrogen-bond donors (Lipinski definition) is 3. The van der Waals surface area contributed by atoms with Gasteiger partial charge in [-0.25, -0.2) is 4.79 Å². The molecule has 1 aromatic rings. The molecule has 8 heteroatoms. The molecule has 0 heterocycles. The van der Waals surface area contributed by atoms with E-state index in [1.54, 1.807) is 0 Å². The van der Waals surface area contributed by atoms with E-state index in [2.05, 4.69) is 5.32 Å². The molecule has 0 radical (unpaired) electrons. The second-order valence-electron chi connectivity index (χ2n) is 3.88. The van der Waals surface area contributed by atoms with Crippen molar-refractivity contribution in [3.63, 3.8) is 0 Å². The molecular weight excluding hydrogens is 288 g/mol. The summed E-state index contributed by atoms with van der Waals surface area (Å²) < 4.78 is 4.99. The number of carboxylic acids is 1. The number of carbonyl (C=O) groups is 3. The number of nitrogens with one attached hydrogen (secondary N) is 1. The number of methoxy groups -OCH3 is 1. The minimum absolute atomic E-state index is 0.104. The van der Waals surface area contributed by atoms with Gasteiger partial charge in [-0.1, -0.05) is 11.6 Å². The average molecular weight is 301 g/mol. The van der Waals surface area contributed by atoms with E-state index >= 15 is 0 Å². The summed E-state index contributed by atoms with van der Waals surface area (Å²) in [7, 11) is 1.35. The molecule has 0 spiro atoms. The molecule has 0 unspecified atom stereocenters. The van der Waals surface area contributed by atoms with Gasteiger partial charge >= 0.3 is 5.97 Å². The lowest BCUT2D eigenvalue weighted by Crippen LogP contribution is -2.43. The molecule has 1 aromatic carbocycles. The number of halogens is 1. The van der Waals surface area contributed by atoms with E-state index in [1.165, 1.54) is 25.3 Å². The molecule has 1 rings (SSSR count). The summed E-state index contributed by atoms with van der Waals surface area (Å²) in [5.41, 5.74) is 5.03. The van der Waals surface area contributed by atoms with Crippen molar-refractivity contribution in [2.24, 2.45) is 5.73 Å². The van der Waals surface area contributed by atoms with Crippen LogP contribution in [0.2, 0.25) is 5.02 Å². The molecule has 0 fully saturated rings. The first kappa shape index (κ1) is 15.8. The second-order valence-corrected chi connectivity index (χ2v) is 4.32. The molecule has 0 aliphatic heterocycles. The fraction of sp³-hybridized carbons (Fsp3) is 0.250. The first-order valence-corrected chi connectivity index (χ1v) is 5.88. The number of primary amides is 1. The molecule has 4 N–H and O–H groups in total. The van der Waals surface area contributed by atoms with E-state index in [0.717, 1.165) is 0 Å². The molecule has 0 aliphatic rings. The molecule has 0 saturated carbocycles. The first-order chi connectivity index (χ1) is 9.35. The van der Waals surface area contributed by atoms with E-state index in [1.807, 2.05) is 0 Å². The Morgan fingerprint density at radius 3 is 2.60 bits per heavy atom. The molecule has 0 saturated heterocycles. The van der Waals surface area contributed by atoms with E-state index in [4.69, 9.17) is 27.2 Å². The number of carboxylic acid groups (broad SMARTS) is 1. The maximum absolute atomic E-state index is 12.0. The van der Waals surface area contributed by atoms with Crippen LogP contribution in [0.4, 0.5) is 0 Å². The van der Waals surface area contributed by atoms with E-state index in [0.29, 0.717) is 5.02 Å². The fourth-order valence-corrected chi connectivity index (χ4v) is 1.65. The topological polar surface area (TPSA) is 119 Å². The number of hydrogen-bond acceptors (Lipinski definition) is 4. The number of aliphatic carboxylic acids is 1. The molecular formula is C12H13ClN2O5. The van der Waals surface area contributed by atoms with Gasteiger partial charge in [0, 0.05) is 5.02 Å². The maximum atomic E-state index is 12.0. The third-order valence-corrected chi connectivity index (χ3v) is 2.65. The summed E-state index contributed by atoms with van der Waals surface area (Å²) in [6, 6.07) is 2.86. The number of rotatable bonds is 6. The minimum Gasteiger partial charge on any atom is -0.496 e. The zero-order valence-electron chi connectivity index (χ0n) is 10.6. The van der Waals surface area contributed by atoms with Crippen molar-refractivity contribution >= 4 is 29.4 Å². The molecule has 2 amide bonds. The number of nitrogens with two attached hydrogens (primary N) is 1. The molecule has 0 aromatic heterocycles. The Labute approximate surface area is 119 Å². The van der Waals surface area contributed by atoms with Gasteiger partial charge in [-0.3, -0.25) is 9.59 Å². The Balaban J connectivity index is 2.94. The first-order valence-electron chi connectivity index (χ1n) is 5.50. The molecule has 7 nitrogen and oxygen atoms in total. The van der Waals surface area contributed by atoms with E-state index < -0.39 is 30.2 Å². The van der Waals surface area contributed by atoms with E-state index in [-0.39, 0.29) is 11.3 Å². The quantitative estimate of drug-likeness (QED) is 0.703. The van der Waals surface area contributed by atoms with Gasteiger partial charge in [-0.15, -0.1) is 0 Å². The average Bonchev–Trinajstić information content (AvgIpc) is 2.36. The van der Waals surface area contributed by atoms with Crippen LogP contribution in [0.1, 0.15) is 16.8 Å². The van der Waals surface area contributed by atoms with Crippen molar-refractivity contribution in [1.82, 2.24) is 5.32 Å². The summed E-state index contributed by atoms with van der Waals surface area (Å²) in [6.07, 6.45) is -0.503. The second kappa shape index (κ2) is 6.76. The smallest absolute Gasteiger partial charge is 0.326 e. The number of benzene rings is 1. The molecule has 0 bridgehead atoms. The van der Waals surface area contributed by atoms with Crippen LogP contribution in [0.15, 0.2) is 18.2 Å². The van der Waals surface area contributed by atoms with Crippen LogP contribution in [-0.2, 0) is 9.59 Å². The standard InChI is InChI=1S/C12H13ClN2O5/c1-20-9-4-6(13)2-3-7(9)11(17)15-8(12(18)19)5-10(14)16/h2-4,8H,5H2,1H3,(H2,14,16)(H,15,17)(H,18,19)/t8-/m0/s1. The lowest BCUT2D eigenvalue weighted by Gasteiger charge is -2.14. The summed E-state index contributed by atoms with van der Waals surface area (Å²) in [4.78, 5) is 33.7. The molecule has 20 heavy (non-hydrogen) atoms. The van der Waals surface area contributed by atoms with Crippen LogP contribution in [-0.4, -0.2) is 36.0 Å². The highest BCUT2D eigenvalue weighted by Crippen LogP contribution is 2.23. The predicted octanol–water partition coefficient (Wildman–Crippen LogP) is 0.407. The summed E-state index contributed by atoms with van der Waals surface area (Å²) in [5.74, 6) is -2.70. The third-order valence-electron chi connectivity index (χ3n) is 2.42. The predicted molar refractivity (Wildman–Crippen MR) is 70.7 cm³/mol. The third kappa shape index (κ3) is 4.13. The Bertz CT molecular complexity index is 547.